The van der Waals surface area contributed by atoms with Gasteiger partial charge in [0.25, 0.3) is 0 Å². The molecule has 0 aliphatic rings. The second kappa shape index (κ2) is 11.8. The number of hydrogen-bond acceptors (Lipinski definition) is 8. The molecular formula is C45H27N5O2S. The van der Waals surface area contributed by atoms with Crippen LogP contribution in [0.25, 0.3) is 64.2 Å². The summed E-state index contributed by atoms with van der Waals surface area (Å²) in [5, 5.41) is 6.33. The SMILES string of the molecule is c1ccc(N(c2ccc3c(c2)oc2ccccc23)c2cc3sc4nc(N(c5ccccc5)c5ccc6c(c5)oc5ccccc56)ncc4c3cn2)cc1. The summed E-state index contributed by atoms with van der Waals surface area (Å²) in [6, 6.07) is 51.6. The molecule has 0 aliphatic carbocycles. The van der Waals surface area contributed by atoms with Crippen LogP contribution < -0.4 is 9.80 Å². The molecule has 0 atom stereocenters. The van der Waals surface area contributed by atoms with Gasteiger partial charge in [0.1, 0.15) is 33.0 Å². The number of anilines is 6. The first-order valence-electron chi connectivity index (χ1n) is 17.3. The van der Waals surface area contributed by atoms with Crippen LogP contribution >= 0.6 is 11.3 Å². The smallest absolute Gasteiger partial charge is 0.235 e. The number of thiophene rings is 1. The van der Waals surface area contributed by atoms with E-state index in [2.05, 4.69) is 88.7 Å². The lowest BCUT2D eigenvalue weighted by molar-refractivity contribution is 0.668. The van der Waals surface area contributed by atoms with Crippen LogP contribution in [-0.4, -0.2) is 15.0 Å². The Labute approximate surface area is 306 Å². The van der Waals surface area contributed by atoms with E-state index in [0.29, 0.717) is 5.95 Å². The van der Waals surface area contributed by atoms with Crippen LogP contribution in [0.5, 0.6) is 0 Å². The molecule has 0 amide bonds. The summed E-state index contributed by atoms with van der Waals surface area (Å²) in [6.45, 7) is 0. The maximum absolute atomic E-state index is 6.28. The van der Waals surface area contributed by atoms with E-state index >= 15 is 0 Å². The van der Waals surface area contributed by atoms with Gasteiger partial charge in [0.05, 0.1) is 11.4 Å². The summed E-state index contributed by atoms with van der Waals surface area (Å²) >= 11 is 1.64. The van der Waals surface area contributed by atoms with E-state index in [0.717, 1.165) is 92.7 Å². The molecule has 0 fully saturated rings. The minimum absolute atomic E-state index is 0.573. The third-order valence-electron chi connectivity index (χ3n) is 9.79. The molecule has 0 bridgehead atoms. The van der Waals surface area contributed by atoms with Gasteiger partial charge in [-0.2, -0.15) is 0 Å². The zero-order chi connectivity index (χ0) is 34.9. The predicted molar refractivity (Wildman–Crippen MR) is 217 cm³/mol. The highest BCUT2D eigenvalue weighted by Gasteiger charge is 2.21. The van der Waals surface area contributed by atoms with Crippen LogP contribution in [0, 0.1) is 0 Å². The van der Waals surface area contributed by atoms with Crippen LogP contribution in [-0.2, 0) is 0 Å². The first kappa shape index (κ1) is 29.7. The minimum Gasteiger partial charge on any atom is -0.456 e. The van der Waals surface area contributed by atoms with Gasteiger partial charge in [-0.3, -0.25) is 9.80 Å². The monoisotopic (exact) mass is 701 g/mol. The first-order chi connectivity index (χ1) is 26.2. The number of rotatable bonds is 6. The van der Waals surface area contributed by atoms with Crippen LogP contribution in [0.15, 0.2) is 173 Å². The summed E-state index contributed by atoms with van der Waals surface area (Å²) in [6.07, 6.45) is 3.85. The average molecular weight is 702 g/mol. The topological polar surface area (TPSA) is 71.4 Å². The van der Waals surface area contributed by atoms with Crippen molar-refractivity contribution in [1.82, 2.24) is 15.0 Å². The van der Waals surface area contributed by atoms with Crippen molar-refractivity contribution in [3.63, 3.8) is 0 Å². The molecule has 0 N–H and O–H groups in total. The lowest BCUT2D eigenvalue weighted by Gasteiger charge is -2.24. The van der Waals surface area contributed by atoms with Gasteiger partial charge >= 0.3 is 0 Å². The molecular weight excluding hydrogens is 675 g/mol. The number of pyridine rings is 1. The van der Waals surface area contributed by atoms with Gasteiger partial charge in [-0.1, -0.05) is 72.8 Å². The molecule has 11 aromatic rings. The maximum Gasteiger partial charge on any atom is 0.235 e. The maximum atomic E-state index is 6.28. The number of nitrogens with zero attached hydrogens (tertiary/aromatic N) is 5. The van der Waals surface area contributed by atoms with Crippen LogP contribution in [0.2, 0.25) is 0 Å². The number of aromatic nitrogens is 3. The Bertz CT molecular complexity index is 2940. The molecule has 5 heterocycles. The molecule has 0 spiro atoms. The molecule has 0 aliphatic heterocycles. The molecule has 0 radical (unpaired) electrons. The Hall–Kier alpha value is -7.03. The van der Waals surface area contributed by atoms with E-state index in [1.807, 2.05) is 85.2 Å². The molecule has 0 saturated heterocycles. The van der Waals surface area contributed by atoms with Crippen molar-refractivity contribution in [2.75, 3.05) is 9.80 Å². The van der Waals surface area contributed by atoms with Crippen LogP contribution in [0.1, 0.15) is 0 Å². The van der Waals surface area contributed by atoms with Crippen molar-refractivity contribution in [1.29, 1.82) is 0 Å². The van der Waals surface area contributed by atoms with E-state index < -0.39 is 0 Å². The van der Waals surface area contributed by atoms with Crippen molar-refractivity contribution in [3.05, 3.63) is 164 Å². The molecule has 5 aromatic heterocycles. The zero-order valence-corrected chi connectivity index (χ0v) is 28.9. The summed E-state index contributed by atoms with van der Waals surface area (Å²) in [7, 11) is 0. The van der Waals surface area contributed by atoms with Gasteiger partial charge in [-0.15, -0.1) is 11.3 Å². The molecule has 11 rings (SSSR count). The lowest BCUT2D eigenvalue weighted by atomic mass is 10.1. The third-order valence-corrected chi connectivity index (χ3v) is 10.9. The molecule has 7 nitrogen and oxygen atoms in total. The zero-order valence-electron chi connectivity index (χ0n) is 28.0. The second-order valence-electron chi connectivity index (χ2n) is 12.9. The highest BCUT2D eigenvalue weighted by Crippen LogP contribution is 2.42. The Morgan fingerprint density at radius 3 is 1.58 bits per heavy atom. The van der Waals surface area contributed by atoms with Crippen molar-refractivity contribution in [3.8, 4) is 0 Å². The van der Waals surface area contributed by atoms with Crippen molar-refractivity contribution in [2.45, 2.75) is 0 Å². The van der Waals surface area contributed by atoms with Gasteiger partial charge in [-0.25, -0.2) is 15.0 Å². The Kier molecular flexibility index (Phi) is 6.59. The van der Waals surface area contributed by atoms with Gasteiger partial charge in [-0.05, 0) is 66.7 Å². The fourth-order valence-corrected chi connectivity index (χ4v) is 8.37. The van der Waals surface area contributed by atoms with Gasteiger partial charge in [0.2, 0.25) is 5.95 Å². The van der Waals surface area contributed by atoms with Crippen molar-refractivity contribution in [2.24, 2.45) is 0 Å². The summed E-state index contributed by atoms with van der Waals surface area (Å²) in [4.78, 5) is 20.3. The number of fused-ring (bicyclic) bond motifs is 9. The second-order valence-corrected chi connectivity index (χ2v) is 14.0. The molecule has 53 heavy (non-hydrogen) atoms. The van der Waals surface area contributed by atoms with Crippen molar-refractivity contribution < 1.29 is 8.83 Å². The summed E-state index contributed by atoms with van der Waals surface area (Å²) in [5.74, 6) is 1.37. The Morgan fingerprint density at radius 1 is 0.415 bits per heavy atom. The van der Waals surface area contributed by atoms with E-state index in [9.17, 15) is 0 Å². The molecule has 8 heteroatoms. The van der Waals surface area contributed by atoms with E-state index in [-0.39, 0.29) is 0 Å². The summed E-state index contributed by atoms with van der Waals surface area (Å²) in [5.41, 5.74) is 7.20. The van der Waals surface area contributed by atoms with E-state index in [1.54, 1.807) is 11.3 Å². The number of furan rings is 2. The molecule has 250 valence electrons. The third kappa shape index (κ3) is 4.84. The van der Waals surface area contributed by atoms with Gasteiger partial charge < -0.3 is 8.83 Å². The van der Waals surface area contributed by atoms with E-state index in [4.69, 9.17) is 23.8 Å². The highest BCUT2D eigenvalue weighted by atomic mass is 32.1. The summed E-state index contributed by atoms with van der Waals surface area (Å²) < 4.78 is 13.6. The van der Waals surface area contributed by atoms with Gasteiger partial charge in [0.15, 0.2) is 0 Å². The molecule has 0 unspecified atom stereocenters. The van der Waals surface area contributed by atoms with Crippen LogP contribution in [0.4, 0.5) is 34.5 Å². The standard InChI is InChI=1S/C45H27N5O2S/c1-3-11-28(12-4-1)49(30-19-21-34-32-15-7-9-17-38(32)51-40(34)23-30)43-25-42-36(26-46-43)37-27-47-45(48-44(37)53-42)50(29-13-5-2-6-14-29)31-20-22-35-33-16-8-10-18-39(33)52-41(35)24-31/h1-27H. The lowest BCUT2D eigenvalue weighted by Crippen LogP contribution is -2.13. The van der Waals surface area contributed by atoms with Crippen LogP contribution in [0.3, 0.4) is 0 Å². The Morgan fingerprint density at radius 2 is 0.943 bits per heavy atom. The number of benzene rings is 6. The normalized spacial score (nSPS) is 11.8. The molecule has 6 aromatic carbocycles. The molecule has 0 saturated carbocycles. The fraction of sp³-hybridized carbons (Fsp3) is 0. The first-order valence-corrected chi connectivity index (χ1v) is 18.2. The van der Waals surface area contributed by atoms with Gasteiger partial charge in [0, 0.05) is 72.9 Å². The quantitative estimate of drug-likeness (QED) is 0.171. The van der Waals surface area contributed by atoms with E-state index in [1.165, 1.54) is 0 Å². The number of para-hydroxylation sites is 4. The average Bonchev–Trinajstić information content (AvgIpc) is 3.89. The largest absolute Gasteiger partial charge is 0.456 e. The number of hydrogen-bond donors (Lipinski definition) is 0. The minimum atomic E-state index is 0.573. The predicted octanol–water partition coefficient (Wildman–Crippen LogP) is 13.0. The van der Waals surface area contributed by atoms with Crippen molar-refractivity contribution >= 4 is 110 Å². The Balaban J connectivity index is 1.03. The highest BCUT2D eigenvalue weighted by molar-refractivity contribution is 7.25. The fourth-order valence-electron chi connectivity index (χ4n) is 7.32.